The van der Waals surface area contributed by atoms with Crippen LogP contribution in [-0.2, 0) is 0 Å². The predicted molar refractivity (Wildman–Crippen MR) is 68.7 cm³/mol. The first-order valence-corrected chi connectivity index (χ1v) is 6.23. The van der Waals surface area contributed by atoms with Gasteiger partial charge in [0.05, 0.1) is 6.04 Å². The van der Waals surface area contributed by atoms with Crippen LogP contribution in [0.5, 0.6) is 0 Å². The molecule has 0 unspecified atom stereocenters. The third kappa shape index (κ3) is 2.71. The van der Waals surface area contributed by atoms with E-state index in [0.29, 0.717) is 0 Å². The Bertz CT molecular complexity index is 422. The molecule has 1 atom stereocenters. The second-order valence-electron chi connectivity index (χ2n) is 4.25. The number of rotatable bonds is 3. The van der Waals surface area contributed by atoms with Crippen LogP contribution in [0.1, 0.15) is 11.6 Å². The molecule has 0 saturated carbocycles. The number of piperazine rings is 1. The lowest BCUT2D eigenvalue weighted by Gasteiger charge is -2.33. The zero-order valence-corrected chi connectivity index (χ0v) is 10.7. The molecule has 0 amide bonds. The molecule has 5 heteroatoms. The lowest BCUT2D eigenvalue weighted by molar-refractivity contribution is 0.197. The van der Waals surface area contributed by atoms with Crippen molar-refractivity contribution in [3.05, 3.63) is 47.0 Å². The Balaban J connectivity index is 2.35. The van der Waals surface area contributed by atoms with E-state index in [1.54, 1.807) is 6.08 Å². The van der Waals surface area contributed by atoms with E-state index in [1.165, 1.54) is 0 Å². The van der Waals surface area contributed by atoms with Crippen LogP contribution in [0, 0.1) is 11.6 Å². The van der Waals surface area contributed by atoms with Crippen molar-refractivity contribution in [1.82, 2.24) is 10.2 Å². The highest BCUT2D eigenvalue weighted by molar-refractivity contribution is 6.30. The van der Waals surface area contributed by atoms with Gasteiger partial charge in [-0.3, -0.25) is 4.90 Å². The van der Waals surface area contributed by atoms with Gasteiger partial charge in [0.1, 0.15) is 11.6 Å². The van der Waals surface area contributed by atoms with Gasteiger partial charge >= 0.3 is 0 Å². The van der Waals surface area contributed by atoms with Gasteiger partial charge in [-0.2, -0.15) is 0 Å². The third-order valence-electron chi connectivity index (χ3n) is 3.11. The number of nitrogens with zero attached hydrogens (tertiary/aromatic N) is 1. The summed E-state index contributed by atoms with van der Waals surface area (Å²) in [7, 11) is 0. The van der Waals surface area contributed by atoms with Gasteiger partial charge in [-0.15, -0.1) is 6.58 Å². The van der Waals surface area contributed by atoms with Gasteiger partial charge in [0.15, 0.2) is 0 Å². The number of nitrogens with one attached hydrogen (secondary N) is 1. The number of hydrogen-bond acceptors (Lipinski definition) is 2. The van der Waals surface area contributed by atoms with E-state index in [4.69, 9.17) is 11.6 Å². The molecule has 1 heterocycles. The van der Waals surface area contributed by atoms with E-state index in [9.17, 15) is 8.78 Å². The van der Waals surface area contributed by atoms with Crippen LogP contribution >= 0.6 is 11.6 Å². The summed E-state index contributed by atoms with van der Waals surface area (Å²) in [6.45, 7) is 6.77. The molecule has 1 N–H and O–H groups in total. The Morgan fingerprint density at radius 3 is 2.33 bits per heavy atom. The molecule has 2 rings (SSSR count). The molecular formula is C13H15ClF2N2. The summed E-state index contributed by atoms with van der Waals surface area (Å²) < 4.78 is 27.8. The minimum Gasteiger partial charge on any atom is -0.314 e. The molecule has 0 aliphatic carbocycles. The molecule has 2 nitrogen and oxygen atoms in total. The van der Waals surface area contributed by atoms with E-state index in [-0.39, 0.29) is 10.6 Å². The van der Waals surface area contributed by atoms with Gasteiger partial charge in [0, 0.05) is 36.8 Å². The lowest BCUT2D eigenvalue weighted by atomic mass is 10.0. The molecule has 1 aliphatic rings. The largest absolute Gasteiger partial charge is 0.314 e. The monoisotopic (exact) mass is 272 g/mol. The van der Waals surface area contributed by atoms with Crippen molar-refractivity contribution in [1.29, 1.82) is 0 Å². The maximum Gasteiger partial charge on any atom is 0.132 e. The van der Waals surface area contributed by atoms with Crippen molar-refractivity contribution >= 4 is 11.6 Å². The van der Waals surface area contributed by atoms with Crippen LogP contribution in [0.15, 0.2) is 24.8 Å². The molecule has 1 saturated heterocycles. The van der Waals surface area contributed by atoms with E-state index in [0.717, 1.165) is 38.3 Å². The topological polar surface area (TPSA) is 15.3 Å². The highest BCUT2D eigenvalue weighted by Gasteiger charge is 2.25. The predicted octanol–water partition coefficient (Wildman–Crippen LogP) is 2.75. The Hall–Kier alpha value is -0.970. The minimum atomic E-state index is -0.622. The summed E-state index contributed by atoms with van der Waals surface area (Å²) >= 11 is 5.63. The Labute approximate surface area is 110 Å². The average molecular weight is 273 g/mol. The standard InChI is InChI=1S/C13H15ClF2N2/c1-2-12(18-5-3-17-4-6-18)13-10(15)7-9(14)8-11(13)16/h2,7-8,12,17H,1,3-6H2/t12-/m1/s1. The molecule has 1 aromatic rings. The summed E-state index contributed by atoms with van der Waals surface area (Å²) in [6, 6.07) is 1.82. The van der Waals surface area contributed by atoms with Gasteiger partial charge in [-0.1, -0.05) is 17.7 Å². The zero-order chi connectivity index (χ0) is 13.1. The first-order chi connectivity index (χ1) is 8.63. The molecule has 0 aromatic heterocycles. The second kappa shape index (κ2) is 5.78. The van der Waals surface area contributed by atoms with Crippen LogP contribution in [0.4, 0.5) is 8.78 Å². The average Bonchev–Trinajstić information content (AvgIpc) is 2.34. The first-order valence-electron chi connectivity index (χ1n) is 5.85. The molecule has 1 fully saturated rings. The maximum absolute atomic E-state index is 13.9. The Morgan fingerprint density at radius 2 is 1.83 bits per heavy atom. The minimum absolute atomic E-state index is 0.0244. The summed E-state index contributed by atoms with van der Waals surface area (Å²) in [5.41, 5.74) is 0.0244. The van der Waals surface area contributed by atoms with E-state index in [1.807, 2.05) is 4.90 Å². The molecule has 0 bridgehead atoms. The van der Waals surface area contributed by atoms with E-state index >= 15 is 0 Å². The molecule has 0 radical (unpaired) electrons. The van der Waals surface area contributed by atoms with Crippen molar-refractivity contribution < 1.29 is 8.78 Å². The third-order valence-corrected chi connectivity index (χ3v) is 3.33. The second-order valence-corrected chi connectivity index (χ2v) is 4.69. The SMILES string of the molecule is C=C[C@H](c1c(F)cc(Cl)cc1F)N1CCNCC1. The fourth-order valence-corrected chi connectivity index (χ4v) is 2.44. The fourth-order valence-electron chi connectivity index (χ4n) is 2.25. The number of benzene rings is 1. The summed E-state index contributed by atoms with van der Waals surface area (Å²) in [5.74, 6) is -1.24. The lowest BCUT2D eigenvalue weighted by Crippen LogP contribution is -2.45. The zero-order valence-electron chi connectivity index (χ0n) is 9.93. The maximum atomic E-state index is 13.9. The van der Waals surface area contributed by atoms with Crippen LogP contribution in [0.25, 0.3) is 0 Å². The smallest absolute Gasteiger partial charge is 0.132 e. The van der Waals surface area contributed by atoms with Gasteiger partial charge in [0.2, 0.25) is 0 Å². The van der Waals surface area contributed by atoms with Crippen LogP contribution in [0.3, 0.4) is 0 Å². The Morgan fingerprint density at radius 1 is 1.28 bits per heavy atom. The van der Waals surface area contributed by atoms with Crippen molar-refractivity contribution in [3.8, 4) is 0 Å². The van der Waals surface area contributed by atoms with Crippen molar-refractivity contribution in [3.63, 3.8) is 0 Å². The molecule has 1 aliphatic heterocycles. The molecule has 18 heavy (non-hydrogen) atoms. The summed E-state index contributed by atoms with van der Waals surface area (Å²) in [6.07, 6.45) is 1.57. The first kappa shape index (κ1) is 13.5. The van der Waals surface area contributed by atoms with E-state index < -0.39 is 17.7 Å². The van der Waals surface area contributed by atoms with Gasteiger partial charge in [-0.05, 0) is 12.1 Å². The molecule has 0 spiro atoms. The van der Waals surface area contributed by atoms with Crippen LogP contribution in [0.2, 0.25) is 5.02 Å². The van der Waals surface area contributed by atoms with Crippen LogP contribution in [-0.4, -0.2) is 31.1 Å². The number of halogens is 3. The van der Waals surface area contributed by atoms with Crippen molar-refractivity contribution in [2.24, 2.45) is 0 Å². The molecule has 1 aromatic carbocycles. The molecule has 98 valence electrons. The summed E-state index contributed by atoms with van der Waals surface area (Å²) in [5, 5.41) is 3.27. The van der Waals surface area contributed by atoms with Gasteiger partial charge in [0.25, 0.3) is 0 Å². The van der Waals surface area contributed by atoms with Gasteiger partial charge < -0.3 is 5.32 Å². The highest BCUT2D eigenvalue weighted by atomic mass is 35.5. The van der Waals surface area contributed by atoms with E-state index in [2.05, 4.69) is 11.9 Å². The van der Waals surface area contributed by atoms with Crippen LogP contribution < -0.4 is 5.32 Å². The fraction of sp³-hybridized carbons (Fsp3) is 0.385. The normalized spacial score (nSPS) is 18.6. The van der Waals surface area contributed by atoms with Gasteiger partial charge in [-0.25, -0.2) is 8.78 Å². The van der Waals surface area contributed by atoms with Crippen molar-refractivity contribution in [2.45, 2.75) is 6.04 Å². The molecular weight excluding hydrogens is 258 g/mol. The quantitative estimate of drug-likeness (QED) is 0.851. The van der Waals surface area contributed by atoms with Crippen molar-refractivity contribution in [2.75, 3.05) is 26.2 Å². The summed E-state index contributed by atoms with van der Waals surface area (Å²) in [4.78, 5) is 2.00. The number of hydrogen-bond donors (Lipinski definition) is 1. The Kier molecular flexibility index (Phi) is 4.32. The highest BCUT2D eigenvalue weighted by Crippen LogP contribution is 2.29.